The summed E-state index contributed by atoms with van der Waals surface area (Å²) >= 11 is 3.47. The van der Waals surface area contributed by atoms with Crippen LogP contribution in [0.2, 0.25) is 0 Å². The maximum atomic E-state index is 12.9. The molecule has 29 heavy (non-hydrogen) atoms. The Bertz CT molecular complexity index is 1190. The molecule has 0 saturated heterocycles. The average molecular weight is 451 g/mol. The Balaban J connectivity index is 1.38. The van der Waals surface area contributed by atoms with Crippen LogP contribution in [0, 0.1) is 5.82 Å². The van der Waals surface area contributed by atoms with Gasteiger partial charge in [-0.3, -0.25) is 4.79 Å². The lowest BCUT2D eigenvalue weighted by molar-refractivity contribution is 0.104. The third-order valence-corrected chi connectivity index (χ3v) is 4.86. The van der Waals surface area contributed by atoms with E-state index in [2.05, 4.69) is 22.0 Å². The molecule has 0 saturated carbocycles. The fourth-order valence-corrected chi connectivity index (χ4v) is 3.25. The number of carbonyl (C=O) groups is 1. The van der Waals surface area contributed by atoms with Gasteiger partial charge in [0.05, 0.1) is 0 Å². The van der Waals surface area contributed by atoms with Gasteiger partial charge in [-0.2, -0.15) is 0 Å². The largest absolute Gasteiger partial charge is 0.486 e. The smallest absolute Gasteiger partial charge is 0.185 e. The molecule has 4 aromatic rings. The number of ketones is 1. The molecule has 5 heteroatoms. The number of ether oxygens (including phenoxy) is 1. The number of benzene rings is 3. The van der Waals surface area contributed by atoms with Crippen molar-refractivity contribution >= 4 is 38.6 Å². The lowest BCUT2D eigenvalue weighted by Crippen LogP contribution is -1.94. The van der Waals surface area contributed by atoms with Gasteiger partial charge < -0.3 is 9.15 Å². The van der Waals surface area contributed by atoms with Gasteiger partial charge in [-0.15, -0.1) is 0 Å². The average Bonchev–Trinajstić information content (AvgIpc) is 3.19. The molecule has 0 aliphatic rings. The molecule has 0 aliphatic heterocycles. The molecule has 1 heterocycles. The standard InChI is InChI=1S/C24H16BrFO3/c25-19-5-1-18-14-22(8-4-17(18)13-19)28-15-23-10-9-21(29-23)11-12-24(27)16-2-6-20(26)7-3-16/h1-14H,15H2/b12-11+. The van der Waals surface area contributed by atoms with Crippen LogP contribution in [0.4, 0.5) is 4.39 Å². The summed E-state index contributed by atoms with van der Waals surface area (Å²) in [6.07, 6.45) is 2.99. The summed E-state index contributed by atoms with van der Waals surface area (Å²) < 4.78 is 25.5. The van der Waals surface area contributed by atoms with Crippen molar-refractivity contribution in [3.8, 4) is 5.75 Å². The molecule has 144 valence electrons. The van der Waals surface area contributed by atoms with Crippen LogP contribution in [0.1, 0.15) is 21.9 Å². The highest BCUT2D eigenvalue weighted by Gasteiger charge is 2.05. The molecule has 0 aliphatic carbocycles. The van der Waals surface area contributed by atoms with Crippen LogP contribution in [0.15, 0.2) is 87.8 Å². The second-order valence-electron chi connectivity index (χ2n) is 6.45. The Kier molecular flexibility index (Phi) is 5.58. The molecule has 1 aromatic heterocycles. The van der Waals surface area contributed by atoms with Gasteiger partial charge in [0.25, 0.3) is 0 Å². The quantitative estimate of drug-likeness (QED) is 0.239. The number of furan rings is 1. The molecule has 0 spiro atoms. The number of hydrogen-bond acceptors (Lipinski definition) is 3. The number of allylic oxidation sites excluding steroid dienone is 1. The van der Waals surface area contributed by atoms with E-state index >= 15 is 0 Å². The lowest BCUT2D eigenvalue weighted by Gasteiger charge is -2.06. The Morgan fingerprint density at radius 2 is 1.72 bits per heavy atom. The molecule has 0 bridgehead atoms. The van der Waals surface area contributed by atoms with Gasteiger partial charge in [0.1, 0.15) is 29.7 Å². The van der Waals surface area contributed by atoms with Crippen molar-refractivity contribution in [2.24, 2.45) is 0 Å². The second kappa shape index (κ2) is 8.45. The fraction of sp³-hybridized carbons (Fsp3) is 0.0417. The van der Waals surface area contributed by atoms with Crippen LogP contribution in [0.5, 0.6) is 5.75 Å². The Labute approximate surface area is 175 Å². The van der Waals surface area contributed by atoms with E-state index in [0.717, 1.165) is 21.0 Å². The van der Waals surface area contributed by atoms with Crippen LogP contribution >= 0.6 is 15.9 Å². The third kappa shape index (κ3) is 4.81. The summed E-state index contributed by atoms with van der Waals surface area (Å²) in [6, 6.07) is 21.0. The van der Waals surface area contributed by atoms with E-state index in [1.807, 2.05) is 30.3 Å². The predicted molar refractivity (Wildman–Crippen MR) is 114 cm³/mol. The van der Waals surface area contributed by atoms with Gasteiger partial charge in [-0.25, -0.2) is 4.39 Å². The van der Waals surface area contributed by atoms with Crippen LogP contribution < -0.4 is 4.74 Å². The van der Waals surface area contributed by atoms with E-state index in [-0.39, 0.29) is 18.2 Å². The minimum absolute atomic E-state index is 0.220. The number of halogens is 2. The Morgan fingerprint density at radius 3 is 2.55 bits per heavy atom. The van der Waals surface area contributed by atoms with E-state index in [9.17, 15) is 9.18 Å². The zero-order valence-corrected chi connectivity index (χ0v) is 16.9. The van der Waals surface area contributed by atoms with Crippen molar-refractivity contribution in [1.82, 2.24) is 0 Å². The van der Waals surface area contributed by atoms with Gasteiger partial charge in [0.2, 0.25) is 0 Å². The van der Waals surface area contributed by atoms with Gasteiger partial charge >= 0.3 is 0 Å². The molecule has 0 N–H and O–H groups in total. The Hall–Kier alpha value is -3.18. The molecule has 0 fully saturated rings. The van der Waals surface area contributed by atoms with Crippen LogP contribution in [0.25, 0.3) is 16.8 Å². The van der Waals surface area contributed by atoms with E-state index in [0.29, 0.717) is 17.1 Å². The number of fused-ring (bicyclic) bond motifs is 1. The van der Waals surface area contributed by atoms with Crippen molar-refractivity contribution in [1.29, 1.82) is 0 Å². The monoisotopic (exact) mass is 450 g/mol. The molecular formula is C24H16BrFO3. The van der Waals surface area contributed by atoms with Crippen LogP contribution in [0.3, 0.4) is 0 Å². The summed E-state index contributed by atoms with van der Waals surface area (Å²) in [5.74, 6) is 1.35. The van der Waals surface area contributed by atoms with Crippen molar-refractivity contribution in [2.75, 3.05) is 0 Å². The summed E-state index contributed by atoms with van der Waals surface area (Å²) in [7, 11) is 0. The highest BCUT2D eigenvalue weighted by molar-refractivity contribution is 9.10. The molecule has 0 unspecified atom stereocenters. The molecule has 0 radical (unpaired) electrons. The summed E-state index contributed by atoms with van der Waals surface area (Å²) in [4.78, 5) is 12.1. The normalized spacial score (nSPS) is 11.2. The predicted octanol–water partition coefficient (Wildman–Crippen LogP) is 6.81. The first kappa shape index (κ1) is 19.2. The van der Waals surface area contributed by atoms with Gasteiger partial charge in [0, 0.05) is 10.0 Å². The van der Waals surface area contributed by atoms with Gasteiger partial charge in [-0.05, 0) is 83.6 Å². The zero-order valence-electron chi connectivity index (χ0n) is 15.3. The minimum Gasteiger partial charge on any atom is -0.486 e. The molecule has 4 rings (SSSR count). The van der Waals surface area contributed by atoms with E-state index in [1.165, 1.54) is 30.3 Å². The van der Waals surface area contributed by atoms with Crippen molar-refractivity contribution in [3.05, 3.63) is 106 Å². The fourth-order valence-electron chi connectivity index (χ4n) is 2.87. The highest BCUT2D eigenvalue weighted by Crippen LogP contribution is 2.25. The van der Waals surface area contributed by atoms with Crippen molar-refractivity contribution < 1.29 is 18.3 Å². The van der Waals surface area contributed by atoms with Gasteiger partial charge in [0.15, 0.2) is 5.78 Å². The maximum Gasteiger partial charge on any atom is 0.185 e. The number of carbonyl (C=O) groups excluding carboxylic acids is 1. The second-order valence-corrected chi connectivity index (χ2v) is 7.37. The topological polar surface area (TPSA) is 39.4 Å². The summed E-state index contributed by atoms with van der Waals surface area (Å²) in [5.41, 5.74) is 0.418. The summed E-state index contributed by atoms with van der Waals surface area (Å²) in [6.45, 7) is 0.280. The lowest BCUT2D eigenvalue weighted by atomic mass is 10.1. The SMILES string of the molecule is O=C(/C=C/c1ccc(COc2ccc3cc(Br)ccc3c2)o1)c1ccc(F)cc1. The first-order valence-electron chi connectivity index (χ1n) is 8.96. The van der Waals surface area contributed by atoms with Crippen LogP contribution in [-0.2, 0) is 6.61 Å². The number of hydrogen-bond donors (Lipinski definition) is 0. The number of rotatable bonds is 6. The van der Waals surface area contributed by atoms with E-state index in [1.54, 1.807) is 18.2 Å². The Morgan fingerprint density at radius 1 is 0.966 bits per heavy atom. The van der Waals surface area contributed by atoms with E-state index in [4.69, 9.17) is 9.15 Å². The summed E-state index contributed by atoms with van der Waals surface area (Å²) in [5, 5.41) is 2.22. The molecule has 3 nitrogen and oxygen atoms in total. The molecular weight excluding hydrogens is 435 g/mol. The highest BCUT2D eigenvalue weighted by atomic mass is 79.9. The minimum atomic E-state index is -0.375. The first-order valence-corrected chi connectivity index (χ1v) is 9.75. The van der Waals surface area contributed by atoms with E-state index < -0.39 is 0 Å². The van der Waals surface area contributed by atoms with Gasteiger partial charge in [-0.1, -0.05) is 28.1 Å². The molecule has 0 atom stereocenters. The van der Waals surface area contributed by atoms with Crippen molar-refractivity contribution in [2.45, 2.75) is 6.61 Å². The molecule has 3 aromatic carbocycles. The first-order chi connectivity index (χ1) is 14.1. The van der Waals surface area contributed by atoms with Crippen molar-refractivity contribution in [3.63, 3.8) is 0 Å². The third-order valence-electron chi connectivity index (χ3n) is 4.36. The molecule has 0 amide bonds. The zero-order chi connectivity index (χ0) is 20.2. The van der Waals surface area contributed by atoms with Crippen LogP contribution in [-0.4, -0.2) is 5.78 Å². The maximum absolute atomic E-state index is 12.9.